The second-order valence-corrected chi connectivity index (χ2v) is 5.19. The van der Waals surface area contributed by atoms with E-state index in [1.54, 1.807) is 0 Å². The Morgan fingerprint density at radius 3 is 2.55 bits per heavy atom. The minimum absolute atomic E-state index is 0.198. The molecule has 0 atom stereocenters. The van der Waals surface area contributed by atoms with Gasteiger partial charge in [-0.1, -0.05) is 30.3 Å². The zero-order valence-corrected chi connectivity index (χ0v) is 11.5. The first-order valence-electron chi connectivity index (χ1n) is 6.92. The third-order valence-corrected chi connectivity index (χ3v) is 3.86. The van der Waals surface area contributed by atoms with Crippen LogP contribution in [0, 0.1) is 0 Å². The summed E-state index contributed by atoms with van der Waals surface area (Å²) < 4.78 is 5.29. The summed E-state index contributed by atoms with van der Waals surface area (Å²) in [5.74, 6) is 0. The molecule has 0 bridgehead atoms. The fourth-order valence-corrected chi connectivity index (χ4v) is 2.56. The number of benzene rings is 1. The second-order valence-electron chi connectivity index (χ2n) is 5.19. The summed E-state index contributed by atoms with van der Waals surface area (Å²) in [6, 6.07) is 9.44. The van der Waals surface area contributed by atoms with E-state index in [-0.39, 0.29) is 19.8 Å². The molecule has 110 valence electrons. The molecule has 1 amide bonds. The lowest BCUT2D eigenvalue weighted by atomic mass is 9.88. The lowest BCUT2D eigenvalue weighted by molar-refractivity contribution is -0.0361. The van der Waals surface area contributed by atoms with Gasteiger partial charge in [-0.05, 0) is 24.8 Å². The number of carbonyl (C=O) groups is 1. The van der Waals surface area contributed by atoms with Crippen LogP contribution >= 0.6 is 0 Å². The fourth-order valence-electron chi connectivity index (χ4n) is 2.56. The van der Waals surface area contributed by atoms with Crippen molar-refractivity contribution in [2.75, 3.05) is 19.8 Å². The zero-order valence-electron chi connectivity index (χ0n) is 11.5. The first-order chi connectivity index (χ1) is 9.72. The van der Waals surface area contributed by atoms with E-state index < -0.39 is 11.6 Å². The van der Waals surface area contributed by atoms with Gasteiger partial charge in [0.05, 0.1) is 18.8 Å². The highest BCUT2D eigenvalue weighted by molar-refractivity contribution is 5.69. The maximum absolute atomic E-state index is 12.2. The number of hydrogen-bond acceptors (Lipinski definition) is 4. The number of ether oxygens (including phenoxy) is 1. The first kappa shape index (κ1) is 14.8. The number of aliphatic hydroxyl groups is 2. The van der Waals surface area contributed by atoms with Crippen LogP contribution in [0.2, 0.25) is 0 Å². The SMILES string of the molecule is O=C(OCc1ccccc1)N1CCCCC1(CO)CO. The predicted octanol–water partition coefficient (Wildman–Crippen LogP) is 1.53. The van der Waals surface area contributed by atoms with Gasteiger partial charge in [0, 0.05) is 6.54 Å². The highest BCUT2D eigenvalue weighted by Crippen LogP contribution is 2.28. The second kappa shape index (κ2) is 6.72. The fraction of sp³-hybridized carbons (Fsp3) is 0.533. The Balaban J connectivity index is 1.99. The molecule has 1 fully saturated rings. The van der Waals surface area contributed by atoms with Crippen molar-refractivity contribution in [3.8, 4) is 0 Å². The number of carbonyl (C=O) groups excluding carboxylic acids is 1. The van der Waals surface area contributed by atoms with Gasteiger partial charge in [-0.2, -0.15) is 0 Å². The molecule has 5 heteroatoms. The van der Waals surface area contributed by atoms with Gasteiger partial charge in [0.1, 0.15) is 6.61 Å². The molecule has 20 heavy (non-hydrogen) atoms. The molecule has 0 radical (unpaired) electrons. The molecular weight excluding hydrogens is 258 g/mol. The molecule has 1 aliphatic heterocycles. The van der Waals surface area contributed by atoms with Crippen LogP contribution in [0.1, 0.15) is 24.8 Å². The molecule has 1 saturated heterocycles. The van der Waals surface area contributed by atoms with Gasteiger partial charge in [-0.15, -0.1) is 0 Å². The minimum atomic E-state index is -0.883. The van der Waals surface area contributed by atoms with E-state index in [1.165, 1.54) is 4.90 Å². The maximum atomic E-state index is 12.2. The third kappa shape index (κ3) is 3.11. The van der Waals surface area contributed by atoms with E-state index in [0.717, 1.165) is 18.4 Å². The Morgan fingerprint density at radius 2 is 1.90 bits per heavy atom. The van der Waals surface area contributed by atoms with E-state index >= 15 is 0 Å². The number of hydrogen-bond donors (Lipinski definition) is 2. The quantitative estimate of drug-likeness (QED) is 0.877. The third-order valence-electron chi connectivity index (χ3n) is 3.86. The average molecular weight is 279 g/mol. The topological polar surface area (TPSA) is 70.0 Å². The average Bonchev–Trinajstić information content (AvgIpc) is 2.53. The molecule has 2 N–H and O–H groups in total. The molecule has 2 rings (SSSR count). The van der Waals surface area contributed by atoms with Crippen molar-refractivity contribution in [3.63, 3.8) is 0 Å². The van der Waals surface area contributed by atoms with Crippen molar-refractivity contribution in [1.82, 2.24) is 4.90 Å². The van der Waals surface area contributed by atoms with E-state index in [4.69, 9.17) is 4.74 Å². The molecule has 0 aromatic heterocycles. The Morgan fingerprint density at radius 1 is 1.20 bits per heavy atom. The lowest BCUT2D eigenvalue weighted by Crippen LogP contribution is -2.59. The van der Waals surface area contributed by atoms with E-state index in [2.05, 4.69) is 0 Å². The monoisotopic (exact) mass is 279 g/mol. The Labute approximate surface area is 118 Å². The molecule has 1 aromatic carbocycles. The summed E-state index contributed by atoms with van der Waals surface area (Å²) in [5, 5.41) is 19.1. The Hall–Kier alpha value is -1.59. The summed E-state index contributed by atoms with van der Waals surface area (Å²) in [6.45, 7) is 0.214. The van der Waals surface area contributed by atoms with Crippen LogP contribution < -0.4 is 0 Å². The Bertz CT molecular complexity index is 431. The van der Waals surface area contributed by atoms with E-state index in [9.17, 15) is 15.0 Å². The van der Waals surface area contributed by atoms with Crippen LogP contribution in [0.5, 0.6) is 0 Å². The highest BCUT2D eigenvalue weighted by atomic mass is 16.6. The van der Waals surface area contributed by atoms with Gasteiger partial charge < -0.3 is 14.9 Å². The molecule has 1 heterocycles. The van der Waals surface area contributed by atoms with Crippen LogP contribution in [0.3, 0.4) is 0 Å². The van der Waals surface area contributed by atoms with Crippen LogP contribution in [-0.2, 0) is 11.3 Å². The van der Waals surface area contributed by atoms with Crippen molar-refractivity contribution >= 4 is 6.09 Å². The maximum Gasteiger partial charge on any atom is 0.410 e. The van der Waals surface area contributed by atoms with Gasteiger partial charge in [-0.25, -0.2) is 4.79 Å². The molecule has 1 aliphatic rings. The summed E-state index contributed by atoms with van der Waals surface area (Å²) in [5.41, 5.74) is 0.0305. The van der Waals surface area contributed by atoms with E-state index in [1.807, 2.05) is 30.3 Å². The van der Waals surface area contributed by atoms with Crippen molar-refractivity contribution in [1.29, 1.82) is 0 Å². The number of piperidine rings is 1. The lowest BCUT2D eigenvalue weighted by Gasteiger charge is -2.44. The van der Waals surface area contributed by atoms with Crippen molar-refractivity contribution < 1.29 is 19.7 Å². The number of rotatable bonds is 4. The molecule has 5 nitrogen and oxygen atoms in total. The minimum Gasteiger partial charge on any atom is -0.445 e. The van der Waals surface area contributed by atoms with Gasteiger partial charge >= 0.3 is 6.09 Å². The number of likely N-dealkylation sites (tertiary alicyclic amines) is 1. The zero-order chi connectivity index (χ0) is 14.4. The molecule has 0 unspecified atom stereocenters. The predicted molar refractivity (Wildman–Crippen MR) is 74.1 cm³/mol. The van der Waals surface area contributed by atoms with Crippen LogP contribution in [0.25, 0.3) is 0 Å². The number of amides is 1. The van der Waals surface area contributed by atoms with Gasteiger partial charge in [0.15, 0.2) is 0 Å². The normalized spacial score (nSPS) is 17.8. The summed E-state index contributed by atoms with van der Waals surface area (Å²) in [7, 11) is 0. The largest absolute Gasteiger partial charge is 0.445 e. The highest BCUT2D eigenvalue weighted by Gasteiger charge is 2.41. The number of nitrogens with zero attached hydrogens (tertiary/aromatic N) is 1. The number of aliphatic hydroxyl groups excluding tert-OH is 2. The summed E-state index contributed by atoms with van der Waals surface area (Å²) in [4.78, 5) is 13.7. The van der Waals surface area contributed by atoms with Crippen molar-refractivity contribution in [3.05, 3.63) is 35.9 Å². The van der Waals surface area contributed by atoms with Gasteiger partial charge in [0.25, 0.3) is 0 Å². The molecule has 0 saturated carbocycles. The summed E-state index contributed by atoms with van der Waals surface area (Å²) in [6.07, 6.45) is 1.88. The van der Waals surface area contributed by atoms with Gasteiger partial charge in [-0.3, -0.25) is 4.90 Å². The standard InChI is InChI=1S/C15H21NO4/c17-11-15(12-18)8-4-5-9-16(15)14(19)20-10-13-6-2-1-3-7-13/h1-3,6-7,17-18H,4-5,8-12H2. The molecule has 0 spiro atoms. The smallest absolute Gasteiger partial charge is 0.410 e. The molecule has 0 aliphatic carbocycles. The van der Waals surface area contributed by atoms with Gasteiger partial charge in [0.2, 0.25) is 0 Å². The summed E-state index contributed by atoms with van der Waals surface area (Å²) >= 11 is 0. The first-order valence-corrected chi connectivity index (χ1v) is 6.92. The van der Waals surface area contributed by atoms with Crippen LogP contribution in [-0.4, -0.2) is 46.5 Å². The molecular formula is C15H21NO4. The van der Waals surface area contributed by atoms with Crippen molar-refractivity contribution in [2.45, 2.75) is 31.4 Å². The van der Waals surface area contributed by atoms with E-state index in [0.29, 0.717) is 13.0 Å². The van der Waals surface area contributed by atoms with Crippen molar-refractivity contribution in [2.24, 2.45) is 0 Å². The van der Waals surface area contributed by atoms with Crippen LogP contribution in [0.15, 0.2) is 30.3 Å². The van der Waals surface area contributed by atoms with Crippen LogP contribution in [0.4, 0.5) is 4.79 Å². The Kier molecular flexibility index (Phi) is 4.98. The molecule has 1 aromatic rings.